The molecule has 1 aliphatic heterocycles. The third-order valence-electron chi connectivity index (χ3n) is 3.51. The number of nitrogens with zero attached hydrogens (tertiary/aromatic N) is 1. The largest absolute Gasteiger partial charge is 0.396 e. The Hall–Kier alpha value is -0.0800. The van der Waals surface area contributed by atoms with Crippen LogP contribution in [0.1, 0.15) is 39.0 Å². The minimum Gasteiger partial charge on any atom is -0.396 e. The summed E-state index contributed by atoms with van der Waals surface area (Å²) in [5.74, 6) is 1.31. The first-order chi connectivity index (χ1) is 6.77. The summed E-state index contributed by atoms with van der Waals surface area (Å²) in [5, 5.41) is 9.31. The fourth-order valence-corrected chi connectivity index (χ4v) is 2.51. The van der Waals surface area contributed by atoms with Gasteiger partial charge in [-0.15, -0.1) is 0 Å². The molecule has 1 saturated heterocycles. The highest BCUT2D eigenvalue weighted by atomic mass is 16.3. The lowest BCUT2D eigenvalue weighted by atomic mass is 9.82. The van der Waals surface area contributed by atoms with Crippen molar-refractivity contribution in [3.8, 4) is 0 Å². The predicted octanol–water partition coefficient (Wildman–Crippen LogP) is 2.13. The molecule has 0 aliphatic carbocycles. The standard InChI is InChI=1S/C12H25NO/c1-3-4-5-6-11-7-8-13(2)9-12(11)10-14/h11-12,14H,3-10H2,1-2H3. The first-order valence-electron chi connectivity index (χ1n) is 6.07. The van der Waals surface area contributed by atoms with Gasteiger partial charge in [0.05, 0.1) is 0 Å². The Labute approximate surface area is 88.3 Å². The fraction of sp³-hybridized carbons (Fsp3) is 1.00. The maximum absolute atomic E-state index is 9.31. The SMILES string of the molecule is CCCCCC1CCN(C)CC1CO. The predicted molar refractivity (Wildman–Crippen MR) is 60.3 cm³/mol. The molecule has 0 spiro atoms. The number of hydrogen-bond donors (Lipinski definition) is 1. The van der Waals surface area contributed by atoms with Crippen LogP contribution in [-0.4, -0.2) is 36.8 Å². The lowest BCUT2D eigenvalue weighted by Gasteiger charge is -2.35. The number of rotatable bonds is 5. The molecule has 0 aromatic carbocycles. The van der Waals surface area contributed by atoms with Crippen LogP contribution in [0.4, 0.5) is 0 Å². The van der Waals surface area contributed by atoms with Crippen molar-refractivity contribution in [2.45, 2.75) is 39.0 Å². The van der Waals surface area contributed by atoms with E-state index in [0.29, 0.717) is 12.5 Å². The molecule has 14 heavy (non-hydrogen) atoms. The number of aliphatic hydroxyl groups excluding tert-OH is 1. The monoisotopic (exact) mass is 199 g/mol. The van der Waals surface area contributed by atoms with Crippen molar-refractivity contribution in [1.29, 1.82) is 0 Å². The highest BCUT2D eigenvalue weighted by Crippen LogP contribution is 2.27. The molecule has 0 radical (unpaired) electrons. The first kappa shape index (κ1) is 12.0. The average molecular weight is 199 g/mol. The van der Waals surface area contributed by atoms with E-state index in [2.05, 4.69) is 18.9 Å². The van der Waals surface area contributed by atoms with Crippen molar-refractivity contribution in [1.82, 2.24) is 4.90 Å². The van der Waals surface area contributed by atoms with Crippen molar-refractivity contribution in [2.75, 3.05) is 26.7 Å². The van der Waals surface area contributed by atoms with Gasteiger partial charge in [-0.1, -0.05) is 32.6 Å². The molecule has 0 aromatic heterocycles. The van der Waals surface area contributed by atoms with Gasteiger partial charge in [0.25, 0.3) is 0 Å². The molecule has 1 aliphatic rings. The topological polar surface area (TPSA) is 23.5 Å². The molecule has 1 heterocycles. The third kappa shape index (κ3) is 3.58. The Morgan fingerprint density at radius 3 is 2.71 bits per heavy atom. The van der Waals surface area contributed by atoms with Crippen LogP contribution < -0.4 is 0 Å². The summed E-state index contributed by atoms with van der Waals surface area (Å²) in [4.78, 5) is 2.34. The summed E-state index contributed by atoms with van der Waals surface area (Å²) in [6.45, 7) is 4.93. The maximum atomic E-state index is 9.31. The van der Waals surface area contributed by atoms with Crippen LogP contribution in [0.25, 0.3) is 0 Å². The van der Waals surface area contributed by atoms with Gasteiger partial charge in [0.2, 0.25) is 0 Å². The average Bonchev–Trinajstić information content (AvgIpc) is 2.20. The number of aliphatic hydroxyl groups is 1. The van der Waals surface area contributed by atoms with E-state index in [1.807, 2.05) is 0 Å². The quantitative estimate of drug-likeness (QED) is 0.686. The van der Waals surface area contributed by atoms with Crippen LogP contribution in [0.3, 0.4) is 0 Å². The molecule has 2 atom stereocenters. The van der Waals surface area contributed by atoms with Gasteiger partial charge < -0.3 is 10.0 Å². The van der Waals surface area contributed by atoms with Gasteiger partial charge in [0.1, 0.15) is 0 Å². The van der Waals surface area contributed by atoms with Crippen LogP contribution in [0, 0.1) is 11.8 Å². The number of hydrogen-bond acceptors (Lipinski definition) is 2. The molecule has 0 amide bonds. The molecule has 1 N–H and O–H groups in total. The lowest BCUT2D eigenvalue weighted by Crippen LogP contribution is -2.39. The summed E-state index contributed by atoms with van der Waals surface area (Å²) in [7, 11) is 2.16. The van der Waals surface area contributed by atoms with Crippen molar-refractivity contribution in [3.63, 3.8) is 0 Å². The summed E-state index contributed by atoms with van der Waals surface area (Å²) in [5.41, 5.74) is 0. The Kier molecular flexibility index (Phi) is 5.49. The second-order valence-corrected chi connectivity index (χ2v) is 4.75. The van der Waals surface area contributed by atoms with Crippen molar-refractivity contribution in [3.05, 3.63) is 0 Å². The van der Waals surface area contributed by atoms with Crippen LogP contribution in [0.15, 0.2) is 0 Å². The van der Waals surface area contributed by atoms with Gasteiger partial charge >= 0.3 is 0 Å². The summed E-state index contributed by atoms with van der Waals surface area (Å²) < 4.78 is 0. The van der Waals surface area contributed by atoms with Crippen molar-refractivity contribution in [2.24, 2.45) is 11.8 Å². The Balaban J connectivity index is 2.27. The smallest absolute Gasteiger partial charge is 0.0474 e. The van der Waals surface area contributed by atoms with E-state index in [-0.39, 0.29) is 0 Å². The van der Waals surface area contributed by atoms with Crippen LogP contribution in [-0.2, 0) is 0 Å². The summed E-state index contributed by atoms with van der Waals surface area (Å²) >= 11 is 0. The summed E-state index contributed by atoms with van der Waals surface area (Å²) in [6, 6.07) is 0. The molecule has 2 heteroatoms. The molecule has 2 nitrogen and oxygen atoms in total. The maximum Gasteiger partial charge on any atom is 0.0474 e. The normalized spacial score (nSPS) is 29.4. The zero-order valence-electron chi connectivity index (χ0n) is 9.71. The Bertz CT molecular complexity index is 149. The van der Waals surface area contributed by atoms with E-state index >= 15 is 0 Å². The molecule has 1 rings (SSSR count). The first-order valence-corrected chi connectivity index (χ1v) is 6.07. The van der Waals surface area contributed by atoms with Gasteiger partial charge in [0.15, 0.2) is 0 Å². The van der Waals surface area contributed by atoms with E-state index < -0.39 is 0 Å². The molecule has 1 fully saturated rings. The second kappa shape index (κ2) is 6.41. The van der Waals surface area contributed by atoms with E-state index in [9.17, 15) is 5.11 Å². The third-order valence-corrected chi connectivity index (χ3v) is 3.51. The number of piperidine rings is 1. The highest BCUT2D eigenvalue weighted by molar-refractivity contribution is 4.78. The molecule has 0 bridgehead atoms. The van der Waals surface area contributed by atoms with Gasteiger partial charge in [-0.05, 0) is 31.8 Å². The Morgan fingerprint density at radius 2 is 2.07 bits per heavy atom. The number of likely N-dealkylation sites (tertiary alicyclic amines) is 1. The lowest BCUT2D eigenvalue weighted by molar-refractivity contribution is 0.0810. The highest BCUT2D eigenvalue weighted by Gasteiger charge is 2.26. The Morgan fingerprint density at radius 1 is 1.29 bits per heavy atom. The van der Waals surface area contributed by atoms with Gasteiger partial charge in [0, 0.05) is 13.2 Å². The van der Waals surface area contributed by atoms with E-state index in [1.165, 1.54) is 38.6 Å². The van der Waals surface area contributed by atoms with Crippen LogP contribution in [0.2, 0.25) is 0 Å². The molecule has 84 valence electrons. The molecule has 0 saturated carbocycles. The van der Waals surface area contributed by atoms with Gasteiger partial charge in [-0.3, -0.25) is 0 Å². The van der Waals surface area contributed by atoms with E-state index in [0.717, 1.165) is 12.5 Å². The zero-order chi connectivity index (χ0) is 10.4. The van der Waals surface area contributed by atoms with Gasteiger partial charge in [-0.2, -0.15) is 0 Å². The minimum atomic E-state index is 0.376. The molecular formula is C12H25NO. The van der Waals surface area contributed by atoms with E-state index in [4.69, 9.17) is 0 Å². The minimum absolute atomic E-state index is 0.376. The van der Waals surface area contributed by atoms with E-state index in [1.54, 1.807) is 0 Å². The molecule has 2 unspecified atom stereocenters. The van der Waals surface area contributed by atoms with Gasteiger partial charge in [-0.25, -0.2) is 0 Å². The fourth-order valence-electron chi connectivity index (χ4n) is 2.51. The zero-order valence-corrected chi connectivity index (χ0v) is 9.71. The van der Waals surface area contributed by atoms with Crippen LogP contribution >= 0.6 is 0 Å². The van der Waals surface area contributed by atoms with Crippen LogP contribution in [0.5, 0.6) is 0 Å². The second-order valence-electron chi connectivity index (χ2n) is 4.75. The van der Waals surface area contributed by atoms with Crippen molar-refractivity contribution >= 4 is 0 Å². The number of unbranched alkanes of at least 4 members (excludes halogenated alkanes) is 2. The van der Waals surface area contributed by atoms with Crippen molar-refractivity contribution < 1.29 is 5.11 Å². The molecular weight excluding hydrogens is 174 g/mol. The molecule has 0 aromatic rings. The summed E-state index contributed by atoms with van der Waals surface area (Å²) in [6.07, 6.45) is 6.61.